The van der Waals surface area contributed by atoms with Crippen LogP contribution in [0.4, 0.5) is 18.9 Å². The number of hydrogen-bond donors (Lipinski definition) is 2. The van der Waals surface area contributed by atoms with Crippen molar-refractivity contribution in [3.8, 4) is 5.75 Å². The van der Waals surface area contributed by atoms with E-state index in [1.165, 1.54) is 18.2 Å². The van der Waals surface area contributed by atoms with Crippen LogP contribution in [-0.4, -0.2) is 19.1 Å². The molecule has 6 heteroatoms. The van der Waals surface area contributed by atoms with Crippen LogP contribution in [0.1, 0.15) is 12.8 Å². The van der Waals surface area contributed by atoms with Crippen molar-refractivity contribution in [1.82, 2.24) is 5.32 Å². The molecule has 1 unspecified atom stereocenters. The second kappa shape index (κ2) is 4.83. The van der Waals surface area contributed by atoms with Gasteiger partial charge in [-0.05, 0) is 31.5 Å². The van der Waals surface area contributed by atoms with Gasteiger partial charge >= 0.3 is 6.36 Å². The van der Waals surface area contributed by atoms with Crippen molar-refractivity contribution in [2.45, 2.75) is 25.4 Å². The topological polar surface area (TPSA) is 33.3 Å². The Balaban J connectivity index is 2.00. The van der Waals surface area contributed by atoms with Crippen molar-refractivity contribution < 1.29 is 17.9 Å². The van der Waals surface area contributed by atoms with Crippen molar-refractivity contribution in [2.75, 3.05) is 11.9 Å². The molecule has 1 saturated heterocycles. The molecule has 94 valence electrons. The predicted molar refractivity (Wildman–Crippen MR) is 57.8 cm³/mol. The van der Waals surface area contributed by atoms with E-state index >= 15 is 0 Å². The van der Waals surface area contributed by atoms with Crippen molar-refractivity contribution >= 4 is 5.69 Å². The molecule has 0 aliphatic carbocycles. The quantitative estimate of drug-likeness (QED) is 0.860. The van der Waals surface area contributed by atoms with Crippen molar-refractivity contribution in [3.05, 3.63) is 24.3 Å². The Hall–Kier alpha value is -1.43. The van der Waals surface area contributed by atoms with Crippen molar-refractivity contribution in [3.63, 3.8) is 0 Å². The lowest BCUT2D eigenvalue weighted by Crippen LogP contribution is -2.29. The Morgan fingerprint density at radius 3 is 2.82 bits per heavy atom. The van der Waals surface area contributed by atoms with Gasteiger partial charge in [-0.15, -0.1) is 13.2 Å². The zero-order valence-electron chi connectivity index (χ0n) is 9.05. The second-order valence-corrected chi connectivity index (χ2v) is 3.87. The Bertz CT molecular complexity index is 375. The minimum absolute atomic E-state index is 0.121. The van der Waals surface area contributed by atoms with E-state index in [4.69, 9.17) is 0 Å². The van der Waals surface area contributed by atoms with E-state index in [-0.39, 0.29) is 11.9 Å². The van der Waals surface area contributed by atoms with Gasteiger partial charge in [0.1, 0.15) is 5.75 Å². The molecular weight excluding hydrogens is 233 g/mol. The van der Waals surface area contributed by atoms with Gasteiger partial charge in [0, 0.05) is 11.8 Å². The molecular formula is C11H13F3N2O. The van der Waals surface area contributed by atoms with Gasteiger partial charge < -0.3 is 10.1 Å². The molecule has 0 aromatic heterocycles. The molecule has 1 aliphatic heterocycles. The Morgan fingerprint density at radius 1 is 1.35 bits per heavy atom. The average molecular weight is 246 g/mol. The van der Waals surface area contributed by atoms with Crippen LogP contribution in [0, 0.1) is 0 Å². The standard InChI is InChI=1S/C11H13F3N2O/c12-11(13,14)17-9-4-1-3-8(7-9)16-10-5-2-6-15-10/h1,3-4,7,10,15-16H,2,5-6H2. The van der Waals surface area contributed by atoms with E-state index in [0.717, 1.165) is 19.4 Å². The fourth-order valence-corrected chi connectivity index (χ4v) is 1.79. The second-order valence-electron chi connectivity index (χ2n) is 3.87. The lowest BCUT2D eigenvalue weighted by atomic mass is 10.2. The first-order valence-electron chi connectivity index (χ1n) is 5.39. The molecule has 0 radical (unpaired) electrons. The number of nitrogens with one attached hydrogen (secondary N) is 2. The molecule has 1 fully saturated rings. The minimum Gasteiger partial charge on any atom is -0.406 e. The molecule has 1 heterocycles. The van der Waals surface area contributed by atoms with Gasteiger partial charge in [-0.2, -0.15) is 0 Å². The van der Waals surface area contributed by atoms with E-state index in [2.05, 4.69) is 15.4 Å². The van der Waals surface area contributed by atoms with Crippen LogP contribution >= 0.6 is 0 Å². The zero-order chi connectivity index (χ0) is 12.3. The predicted octanol–water partition coefficient (Wildman–Crippen LogP) is 2.71. The summed E-state index contributed by atoms with van der Waals surface area (Å²) in [6.07, 6.45) is -2.50. The van der Waals surface area contributed by atoms with Crippen molar-refractivity contribution in [1.29, 1.82) is 0 Å². The van der Waals surface area contributed by atoms with Gasteiger partial charge in [0.15, 0.2) is 0 Å². The summed E-state index contributed by atoms with van der Waals surface area (Å²) in [5, 5.41) is 6.31. The maximum absolute atomic E-state index is 12.0. The third-order valence-corrected chi connectivity index (χ3v) is 2.47. The Labute approximate surface area is 97.0 Å². The van der Waals surface area contributed by atoms with Crippen LogP contribution in [0.15, 0.2) is 24.3 Å². The summed E-state index contributed by atoms with van der Waals surface area (Å²) < 4.78 is 39.9. The lowest BCUT2D eigenvalue weighted by Gasteiger charge is -2.15. The number of halogens is 3. The number of benzene rings is 1. The molecule has 0 saturated carbocycles. The highest BCUT2D eigenvalue weighted by atomic mass is 19.4. The highest BCUT2D eigenvalue weighted by Gasteiger charge is 2.31. The third kappa shape index (κ3) is 3.81. The normalized spacial score (nSPS) is 20.3. The molecule has 1 aromatic rings. The summed E-state index contributed by atoms with van der Waals surface area (Å²) in [4.78, 5) is 0. The largest absolute Gasteiger partial charge is 0.573 e. The van der Waals surface area contributed by atoms with Crippen LogP contribution in [0.25, 0.3) is 0 Å². The highest BCUT2D eigenvalue weighted by Crippen LogP contribution is 2.25. The highest BCUT2D eigenvalue weighted by molar-refractivity contribution is 5.48. The molecule has 2 N–H and O–H groups in total. The van der Waals surface area contributed by atoms with Crippen LogP contribution in [0.3, 0.4) is 0 Å². The van der Waals surface area contributed by atoms with E-state index in [1.807, 2.05) is 0 Å². The fourth-order valence-electron chi connectivity index (χ4n) is 1.79. The summed E-state index contributed by atoms with van der Waals surface area (Å²) in [7, 11) is 0. The van der Waals surface area contributed by atoms with Crippen LogP contribution in [0.2, 0.25) is 0 Å². The summed E-state index contributed by atoms with van der Waals surface area (Å²) in [6.45, 7) is 0.927. The minimum atomic E-state index is -4.65. The van der Waals surface area contributed by atoms with Crippen LogP contribution in [0.5, 0.6) is 5.75 Å². The molecule has 0 bridgehead atoms. The maximum Gasteiger partial charge on any atom is 0.573 e. The third-order valence-electron chi connectivity index (χ3n) is 2.47. The number of alkyl halides is 3. The van der Waals surface area contributed by atoms with Gasteiger partial charge in [0.05, 0.1) is 6.17 Å². The summed E-state index contributed by atoms with van der Waals surface area (Å²) in [6, 6.07) is 5.86. The molecule has 0 spiro atoms. The molecule has 1 aliphatic rings. The first-order chi connectivity index (χ1) is 8.03. The van der Waals surface area contributed by atoms with Crippen molar-refractivity contribution in [2.24, 2.45) is 0 Å². The number of rotatable bonds is 3. The molecule has 2 rings (SSSR count). The van der Waals surface area contributed by atoms with E-state index in [1.54, 1.807) is 6.07 Å². The Morgan fingerprint density at radius 2 is 2.18 bits per heavy atom. The van der Waals surface area contributed by atoms with Crippen LogP contribution < -0.4 is 15.4 Å². The van der Waals surface area contributed by atoms with Gasteiger partial charge in [-0.3, -0.25) is 5.32 Å². The molecule has 0 amide bonds. The van der Waals surface area contributed by atoms with Crippen LogP contribution in [-0.2, 0) is 0 Å². The van der Waals surface area contributed by atoms with E-state index < -0.39 is 6.36 Å². The SMILES string of the molecule is FC(F)(F)Oc1cccc(NC2CCCN2)c1. The van der Waals surface area contributed by atoms with Gasteiger partial charge in [0.25, 0.3) is 0 Å². The first-order valence-corrected chi connectivity index (χ1v) is 5.39. The smallest absolute Gasteiger partial charge is 0.406 e. The van der Waals surface area contributed by atoms with E-state index in [9.17, 15) is 13.2 Å². The average Bonchev–Trinajstić information content (AvgIpc) is 2.68. The molecule has 1 aromatic carbocycles. The van der Waals surface area contributed by atoms with E-state index in [0.29, 0.717) is 5.69 Å². The monoisotopic (exact) mass is 246 g/mol. The number of anilines is 1. The summed E-state index contributed by atoms with van der Waals surface area (Å²) in [5.41, 5.74) is 0.617. The number of hydrogen-bond acceptors (Lipinski definition) is 3. The first kappa shape index (κ1) is 12.0. The maximum atomic E-state index is 12.0. The summed E-state index contributed by atoms with van der Waals surface area (Å²) in [5.74, 6) is -0.208. The fraction of sp³-hybridized carbons (Fsp3) is 0.455. The summed E-state index contributed by atoms with van der Waals surface area (Å²) >= 11 is 0. The molecule has 3 nitrogen and oxygen atoms in total. The lowest BCUT2D eigenvalue weighted by molar-refractivity contribution is -0.274. The van der Waals surface area contributed by atoms with Gasteiger partial charge in [0.2, 0.25) is 0 Å². The number of ether oxygens (including phenoxy) is 1. The zero-order valence-corrected chi connectivity index (χ0v) is 9.05. The molecule has 17 heavy (non-hydrogen) atoms. The van der Waals surface area contributed by atoms with Gasteiger partial charge in [-0.1, -0.05) is 6.07 Å². The molecule has 1 atom stereocenters. The Kier molecular flexibility index (Phi) is 3.42. The van der Waals surface area contributed by atoms with Gasteiger partial charge in [-0.25, -0.2) is 0 Å².